The van der Waals surface area contributed by atoms with Crippen LogP contribution in [0.5, 0.6) is 0 Å². The van der Waals surface area contributed by atoms with E-state index in [9.17, 15) is 9.59 Å². The quantitative estimate of drug-likeness (QED) is 0.795. The average molecular weight is 368 g/mol. The molecule has 6 nitrogen and oxygen atoms in total. The maximum Gasteiger partial charge on any atom is 0.408 e. The molecule has 0 bridgehead atoms. The number of nitrogens with one attached hydrogen (secondary N) is 2. The molecule has 0 atom stereocenters. The summed E-state index contributed by atoms with van der Waals surface area (Å²) in [4.78, 5) is 28.4. The number of ether oxygens (including phenoxy) is 1. The Bertz CT molecular complexity index is 605. The van der Waals surface area contributed by atoms with E-state index in [0.29, 0.717) is 17.3 Å². The van der Waals surface area contributed by atoms with Gasteiger partial charge in [-0.2, -0.15) is 0 Å². The summed E-state index contributed by atoms with van der Waals surface area (Å²) in [7, 11) is 0. The summed E-state index contributed by atoms with van der Waals surface area (Å²) >= 11 is 5.74. The molecule has 0 aromatic carbocycles. The van der Waals surface area contributed by atoms with Crippen LogP contribution in [-0.4, -0.2) is 34.7 Å². The van der Waals surface area contributed by atoms with E-state index in [1.54, 1.807) is 12.1 Å². The molecular weight excluding hydrogens is 342 g/mol. The number of hydrogen-bond acceptors (Lipinski definition) is 4. The van der Waals surface area contributed by atoms with Gasteiger partial charge in [0, 0.05) is 12.7 Å². The number of amides is 2. The van der Waals surface area contributed by atoms with Crippen LogP contribution in [0, 0.1) is 0 Å². The third-order valence-electron chi connectivity index (χ3n) is 4.15. The lowest BCUT2D eigenvalue weighted by Gasteiger charge is -2.38. The lowest BCUT2D eigenvalue weighted by atomic mass is 9.81. The van der Waals surface area contributed by atoms with Crippen LogP contribution < -0.4 is 10.6 Å². The highest BCUT2D eigenvalue weighted by atomic mass is 35.5. The number of carbonyl (C=O) groups excluding carboxylic acids is 2. The standard InChI is InChI=1S/C18H26ClN3O3/c1-17(2,3)25-16(24)22-18(9-5-4-6-10-18)12-21-15(23)13-7-8-14(19)20-11-13/h7-8,11H,4-6,9-10,12H2,1-3H3,(H,21,23)(H,22,24). The van der Waals surface area contributed by atoms with Crippen molar-refractivity contribution < 1.29 is 14.3 Å². The van der Waals surface area contributed by atoms with Crippen LogP contribution in [0.1, 0.15) is 63.2 Å². The van der Waals surface area contributed by atoms with Gasteiger partial charge in [-0.1, -0.05) is 30.9 Å². The number of hydrogen-bond donors (Lipinski definition) is 2. The van der Waals surface area contributed by atoms with Crippen LogP contribution in [0.25, 0.3) is 0 Å². The van der Waals surface area contributed by atoms with Crippen molar-refractivity contribution in [3.05, 3.63) is 29.0 Å². The second-order valence-electron chi connectivity index (χ2n) is 7.52. The van der Waals surface area contributed by atoms with E-state index < -0.39 is 17.2 Å². The fourth-order valence-corrected chi connectivity index (χ4v) is 3.07. The van der Waals surface area contributed by atoms with Crippen LogP contribution in [0.15, 0.2) is 18.3 Å². The molecule has 0 unspecified atom stereocenters. The van der Waals surface area contributed by atoms with Crippen molar-refractivity contribution in [2.45, 2.75) is 64.0 Å². The first-order valence-corrected chi connectivity index (χ1v) is 8.98. The molecule has 0 spiro atoms. The van der Waals surface area contributed by atoms with Crippen LogP contribution in [0.4, 0.5) is 4.79 Å². The number of alkyl carbamates (subject to hydrolysis) is 1. The van der Waals surface area contributed by atoms with Gasteiger partial charge in [-0.15, -0.1) is 0 Å². The summed E-state index contributed by atoms with van der Waals surface area (Å²) in [5, 5.41) is 6.24. The molecule has 1 fully saturated rings. The summed E-state index contributed by atoms with van der Waals surface area (Å²) in [5.74, 6) is -0.236. The minimum Gasteiger partial charge on any atom is -0.444 e. The Hall–Kier alpha value is -1.82. The molecule has 0 aliphatic heterocycles. The zero-order chi connectivity index (χ0) is 18.5. The number of pyridine rings is 1. The lowest BCUT2D eigenvalue weighted by molar-refractivity contribution is 0.0419. The van der Waals surface area contributed by atoms with Crippen molar-refractivity contribution in [3.63, 3.8) is 0 Å². The Kier molecular flexibility index (Phi) is 6.27. The van der Waals surface area contributed by atoms with Crippen LogP contribution >= 0.6 is 11.6 Å². The first kappa shape index (κ1) is 19.5. The molecule has 2 rings (SSSR count). The van der Waals surface area contributed by atoms with E-state index >= 15 is 0 Å². The van der Waals surface area contributed by atoms with Gasteiger partial charge in [-0.3, -0.25) is 4.79 Å². The number of aromatic nitrogens is 1. The molecule has 25 heavy (non-hydrogen) atoms. The number of nitrogens with zero attached hydrogens (tertiary/aromatic N) is 1. The highest BCUT2D eigenvalue weighted by Gasteiger charge is 2.35. The smallest absolute Gasteiger partial charge is 0.408 e. The lowest BCUT2D eigenvalue weighted by Crippen LogP contribution is -2.57. The highest BCUT2D eigenvalue weighted by Crippen LogP contribution is 2.28. The molecule has 1 aromatic heterocycles. The van der Waals surface area contributed by atoms with Crippen LogP contribution in [0.3, 0.4) is 0 Å². The zero-order valence-electron chi connectivity index (χ0n) is 15.0. The van der Waals surface area contributed by atoms with Crippen LogP contribution in [0.2, 0.25) is 5.15 Å². The van der Waals surface area contributed by atoms with E-state index in [4.69, 9.17) is 16.3 Å². The van der Waals surface area contributed by atoms with Crippen LogP contribution in [-0.2, 0) is 4.74 Å². The molecule has 1 aliphatic carbocycles. The monoisotopic (exact) mass is 367 g/mol. The summed E-state index contributed by atoms with van der Waals surface area (Å²) in [5.41, 5.74) is -0.596. The third kappa shape index (κ3) is 6.20. The first-order valence-electron chi connectivity index (χ1n) is 8.60. The van der Waals surface area contributed by atoms with Crippen molar-refractivity contribution in [1.29, 1.82) is 0 Å². The van der Waals surface area contributed by atoms with Gasteiger partial charge in [0.1, 0.15) is 10.8 Å². The van der Waals surface area contributed by atoms with Gasteiger partial charge < -0.3 is 15.4 Å². The van der Waals surface area contributed by atoms with Gasteiger partial charge in [0.05, 0.1) is 11.1 Å². The molecular formula is C18H26ClN3O3. The number of carbonyl (C=O) groups is 2. The molecule has 1 aliphatic rings. The first-order chi connectivity index (χ1) is 11.7. The van der Waals surface area contributed by atoms with Crippen molar-refractivity contribution in [3.8, 4) is 0 Å². The van der Waals surface area contributed by atoms with Crippen molar-refractivity contribution in [1.82, 2.24) is 15.6 Å². The van der Waals surface area contributed by atoms with Gasteiger partial charge in [0.15, 0.2) is 0 Å². The fraction of sp³-hybridized carbons (Fsp3) is 0.611. The van der Waals surface area contributed by atoms with E-state index in [2.05, 4.69) is 15.6 Å². The molecule has 0 saturated heterocycles. The fourth-order valence-electron chi connectivity index (χ4n) is 2.96. The summed E-state index contributed by atoms with van der Waals surface area (Å²) < 4.78 is 5.38. The second kappa shape index (κ2) is 8.04. The summed E-state index contributed by atoms with van der Waals surface area (Å²) in [6.07, 6.45) is 5.76. The van der Waals surface area contributed by atoms with Gasteiger partial charge in [-0.05, 0) is 45.7 Å². The maximum atomic E-state index is 12.3. The third-order valence-corrected chi connectivity index (χ3v) is 4.38. The van der Waals surface area contributed by atoms with Gasteiger partial charge in [0.2, 0.25) is 0 Å². The van der Waals surface area contributed by atoms with E-state index in [1.165, 1.54) is 6.20 Å². The molecule has 138 valence electrons. The minimum atomic E-state index is -0.557. The minimum absolute atomic E-state index is 0.236. The highest BCUT2D eigenvalue weighted by molar-refractivity contribution is 6.29. The second-order valence-corrected chi connectivity index (χ2v) is 7.91. The van der Waals surface area contributed by atoms with Gasteiger partial charge in [0.25, 0.3) is 5.91 Å². The Morgan fingerprint density at radius 1 is 1.24 bits per heavy atom. The Morgan fingerprint density at radius 2 is 1.92 bits per heavy atom. The normalized spacial score (nSPS) is 16.8. The van der Waals surface area contributed by atoms with E-state index in [0.717, 1.165) is 32.1 Å². The molecule has 1 heterocycles. The Balaban J connectivity index is 2.00. The van der Waals surface area contributed by atoms with E-state index in [1.807, 2.05) is 20.8 Å². The van der Waals surface area contributed by atoms with Gasteiger partial charge in [-0.25, -0.2) is 9.78 Å². The molecule has 0 radical (unpaired) electrons. The topological polar surface area (TPSA) is 80.3 Å². The molecule has 1 aromatic rings. The molecule has 2 N–H and O–H groups in total. The maximum absolute atomic E-state index is 12.3. The van der Waals surface area contributed by atoms with Crippen molar-refractivity contribution in [2.75, 3.05) is 6.54 Å². The molecule has 7 heteroatoms. The zero-order valence-corrected chi connectivity index (χ0v) is 15.8. The van der Waals surface area contributed by atoms with Gasteiger partial charge >= 0.3 is 6.09 Å². The molecule has 1 saturated carbocycles. The summed E-state index contributed by atoms with van der Waals surface area (Å²) in [6.45, 7) is 5.84. The number of halogens is 1. The Labute approximate surface area is 153 Å². The molecule has 2 amide bonds. The summed E-state index contributed by atoms with van der Waals surface area (Å²) in [6, 6.07) is 3.20. The SMILES string of the molecule is CC(C)(C)OC(=O)NC1(CNC(=O)c2ccc(Cl)nc2)CCCCC1. The van der Waals surface area contributed by atoms with Crippen molar-refractivity contribution >= 4 is 23.6 Å². The predicted octanol–water partition coefficient (Wildman–Crippen LogP) is 3.69. The predicted molar refractivity (Wildman–Crippen MR) is 96.8 cm³/mol. The largest absolute Gasteiger partial charge is 0.444 e. The average Bonchev–Trinajstić information content (AvgIpc) is 2.52. The van der Waals surface area contributed by atoms with Crippen molar-refractivity contribution in [2.24, 2.45) is 0 Å². The number of rotatable bonds is 4. The Morgan fingerprint density at radius 3 is 2.48 bits per heavy atom. The van der Waals surface area contributed by atoms with E-state index in [-0.39, 0.29) is 5.91 Å².